The van der Waals surface area contributed by atoms with Gasteiger partial charge in [0.25, 0.3) is 0 Å². The van der Waals surface area contributed by atoms with Crippen molar-refractivity contribution in [2.75, 3.05) is 13.1 Å². The van der Waals surface area contributed by atoms with E-state index < -0.39 is 41.8 Å². The van der Waals surface area contributed by atoms with E-state index in [1.807, 2.05) is 6.92 Å². The number of nitrogens with two attached hydrogens (primary N) is 2. The molecule has 0 radical (unpaired) electrons. The van der Waals surface area contributed by atoms with Gasteiger partial charge in [0, 0.05) is 0 Å². The zero-order chi connectivity index (χ0) is 22.6. The minimum Gasteiger partial charge on any atom is -0.480 e. The topological polar surface area (TPSA) is 177 Å². The molecule has 0 aliphatic heterocycles. The van der Waals surface area contributed by atoms with E-state index in [0.29, 0.717) is 25.8 Å². The summed E-state index contributed by atoms with van der Waals surface area (Å²) in [5.74, 6) is -3.26. The Morgan fingerprint density at radius 3 is 2.07 bits per heavy atom. The van der Waals surface area contributed by atoms with Crippen molar-refractivity contribution in [2.45, 2.75) is 71.5 Å². The number of carbonyl (C=O) groups is 4. The second-order valence-corrected chi connectivity index (χ2v) is 7.61. The number of hydrogen-bond donors (Lipinski definition) is 6. The Bertz CT molecular complexity index is 555. The van der Waals surface area contributed by atoms with E-state index in [1.54, 1.807) is 20.8 Å². The van der Waals surface area contributed by atoms with E-state index in [4.69, 9.17) is 11.5 Å². The second kappa shape index (κ2) is 13.9. The Labute approximate surface area is 172 Å². The lowest BCUT2D eigenvalue weighted by Gasteiger charge is -2.26. The molecule has 4 atom stereocenters. The first-order valence-electron chi connectivity index (χ1n) is 10.1. The van der Waals surface area contributed by atoms with E-state index in [0.717, 1.165) is 6.42 Å². The SMILES string of the molecule is CCC(C)C(NC(=O)C(NC(=O)CNC(=O)C(N)CCCCN)C(C)C)C(=O)O. The molecule has 10 heteroatoms. The Morgan fingerprint density at radius 2 is 1.59 bits per heavy atom. The smallest absolute Gasteiger partial charge is 0.326 e. The normalized spacial score (nSPS) is 15.1. The minimum absolute atomic E-state index is 0.264. The third kappa shape index (κ3) is 10.2. The molecule has 0 aliphatic rings. The summed E-state index contributed by atoms with van der Waals surface area (Å²) in [5.41, 5.74) is 11.2. The van der Waals surface area contributed by atoms with Gasteiger partial charge in [-0.15, -0.1) is 0 Å². The number of amides is 3. The molecule has 10 nitrogen and oxygen atoms in total. The van der Waals surface area contributed by atoms with Crippen LogP contribution in [0.2, 0.25) is 0 Å². The molecule has 3 amide bonds. The van der Waals surface area contributed by atoms with Crippen molar-refractivity contribution in [3.8, 4) is 0 Å². The van der Waals surface area contributed by atoms with Gasteiger partial charge in [-0.1, -0.05) is 40.5 Å². The maximum Gasteiger partial charge on any atom is 0.326 e. The molecule has 0 rings (SSSR count). The highest BCUT2D eigenvalue weighted by Crippen LogP contribution is 2.10. The molecule has 29 heavy (non-hydrogen) atoms. The van der Waals surface area contributed by atoms with E-state index >= 15 is 0 Å². The first-order chi connectivity index (χ1) is 13.5. The molecule has 0 bridgehead atoms. The number of hydrogen-bond acceptors (Lipinski definition) is 6. The molecule has 0 aromatic heterocycles. The number of rotatable bonds is 14. The number of carboxylic acids is 1. The number of carbonyl (C=O) groups excluding carboxylic acids is 3. The summed E-state index contributed by atoms with van der Waals surface area (Å²) in [5, 5.41) is 16.8. The largest absolute Gasteiger partial charge is 0.480 e. The Balaban J connectivity index is 4.74. The van der Waals surface area contributed by atoms with Gasteiger partial charge in [-0.05, 0) is 31.2 Å². The third-order valence-corrected chi connectivity index (χ3v) is 4.77. The van der Waals surface area contributed by atoms with Crippen LogP contribution in [0.15, 0.2) is 0 Å². The fraction of sp³-hybridized carbons (Fsp3) is 0.789. The van der Waals surface area contributed by atoms with Gasteiger partial charge in [-0.3, -0.25) is 14.4 Å². The molecular weight excluding hydrogens is 378 g/mol. The molecule has 0 saturated carbocycles. The van der Waals surface area contributed by atoms with Gasteiger partial charge in [0.15, 0.2) is 0 Å². The second-order valence-electron chi connectivity index (χ2n) is 7.61. The zero-order valence-electron chi connectivity index (χ0n) is 17.9. The van der Waals surface area contributed by atoms with Gasteiger partial charge in [0.05, 0.1) is 12.6 Å². The van der Waals surface area contributed by atoms with Crippen molar-refractivity contribution in [3.05, 3.63) is 0 Å². The van der Waals surface area contributed by atoms with Crippen molar-refractivity contribution < 1.29 is 24.3 Å². The molecule has 0 heterocycles. The van der Waals surface area contributed by atoms with Crippen LogP contribution in [0.25, 0.3) is 0 Å². The standard InChI is InChI=1S/C19H37N5O5/c1-5-12(4)16(19(28)29)24-18(27)15(11(2)3)23-14(25)10-22-17(26)13(21)8-6-7-9-20/h11-13,15-16H,5-10,20-21H2,1-4H3,(H,22,26)(H,23,25)(H,24,27)(H,28,29). The van der Waals surface area contributed by atoms with Crippen LogP contribution in [-0.4, -0.2) is 60.0 Å². The maximum absolute atomic E-state index is 12.5. The summed E-state index contributed by atoms with van der Waals surface area (Å²) >= 11 is 0. The van der Waals surface area contributed by atoms with Crippen molar-refractivity contribution in [2.24, 2.45) is 23.3 Å². The summed E-state index contributed by atoms with van der Waals surface area (Å²) in [6.07, 6.45) is 2.52. The predicted octanol–water partition coefficient (Wildman–Crippen LogP) is -0.685. The van der Waals surface area contributed by atoms with Crippen LogP contribution in [0, 0.1) is 11.8 Å². The Morgan fingerprint density at radius 1 is 0.966 bits per heavy atom. The van der Waals surface area contributed by atoms with Gasteiger partial charge < -0.3 is 32.5 Å². The van der Waals surface area contributed by atoms with E-state index in [-0.39, 0.29) is 18.4 Å². The van der Waals surface area contributed by atoms with E-state index in [9.17, 15) is 24.3 Å². The summed E-state index contributed by atoms with van der Waals surface area (Å²) < 4.78 is 0. The molecule has 0 spiro atoms. The highest BCUT2D eigenvalue weighted by molar-refractivity contribution is 5.92. The lowest BCUT2D eigenvalue weighted by molar-refractivity contribution is -0.144. The van der Waals surface area contributed by atoms with E-state index in [2.05, 4.69) is 16.0 Å². The maximum atomic E-state index is 12.5. The van der Waals surface area contributed by atoms with Crippen LogP contribution < -0.4 is 27.4 Å². The van der Waals surface area contributed by atoms with Crippen LogP contribution in [-0.2, 0) is 19.2 Å². The lowest BCUT2D eigenvalue weighted by Crippen LogP contribution is -2.56. The minimum atomic E-state index is -1.13. The highest BCUT2D eigenvalue weighted by atomic mass is 16.4. The summed E-state index contributed by atoms with van der Waals surface area (Å²) in [7, 11) is 0. The first kappa shape index (κ1) is 26.8. The summed E-state index contributed by atoms with van der Waals surface area (Å²) in [6, 6.07) is -2.70. The first-order valence-corrected chi connectivity index (χ1v) is 10.1. The molecule has 168 valence electrons. The van der Waals surface area contributed by atoms with Crippen molar-refractivity contribution in [3.63, 3.8) is 0 Å². The lowest BCUT2D eigenvalue weighted by atomic mass is 9.97. The van der Waals surface area contributed by atoms with Gasteiger partial charge in [0.1, 0.15) is 12.1 Å². The molecule has 4 unspecified atom stereocenters. The molecule has 0 aromatic carbocycles. The molecule has 0 saturated heterocycles. The Kier molecular flexibility index (Phi) is 12.8. The van der Waals surface area contributed by atoms with Gasteiger partial charge in [-0.25, -0.2) is 4.79 Å². The number of nitrogens with one attached hydrogen (secondary N) is 3. The number of aliphatic carboxylic acids is 1. The van der Waals surface area contributed by atoms with Crippen molar-refractivity contribution >= 4 is 23.7 Å². The molecule has 0 aliphatic carbocycles. The summed E-state index contributed by atoms with van der Waals surface area (Å²) in [4.78, 5) is 48.1. The van der Waals surface area contributed by atoms with Crippen molar-refractivity contribution in [1.29, 1.82) is 0 Å². The van der Waals surface area contributed by atoms with Crippen LogP contribution >= 0.6 is 0 Å². The third-order valence-electron chi connectivity index (χ3n) is 4.77. The van der Waals surface area contributed by atoms with Crippen molar-refractivity contribution in [1.82, 2.24) is 16.0 Å². The van der Waals surface area contributed by atoms with Crippen LogP contribution in [0.5, 0.6) is 0 Å². The Hall–Kier alpha value is -2.20. The van der Waals surface area contributed by atoms with Crippen LogP contribution in [0.3, 0.4) is 0 Å². The van der Waals surface area contributed by atoms with Crippen LogP contribution in [0.4, 0.5) is 0 Å². The number of carboxylic acid groups (broad SMARTS) is 1. The summed E-state index contributed by atoms with van der Waals surface area (Å²) in [6.45, 7) is 7.22. The quantitative estimate of drug-likeness (QED) is 0.203. The van der Waals surface area contributed by atoms with Gasteiger partial charge in [-0.2, -0.15) is 0 Å². The molecule has 0 fully saturated rings. The number of unbranched alkanes of at least 4 members (excludes halogenated alkanes) is 1. The predicted molar refractivity (Wildman–Crippen MR) is 110 cm³/mol. The fourth-order valence-corrected chi connectivity index (χ4v) is 2.62. The van der Waals surface area contributed by atoms with E-state index in [1.165, 1.54) is 0 Å². The van der Waals surface area contributed by atoms with Crippen LogP contribution in [0.1, 0.15) is 53.4 Å². The average molecular weight is 416 g/mol. The fourth-order valence-electron chi connectivity index (χ4n) is 2.62. The highest BCUT2D eigenvalue weighted by Gasteiger charge is 2.31. The van der Waals surface area contributed by atoms with Gasteiger partial charge in [0.2, 0.25) is 17.7 Å². The average Bonchev–Trinajstić information content (AvgIpc) is 2.66. The zero-order valence-corrected chi connectivity index (χ0v) is 17.9. The molecular formula is C19H37N5O5. The van der Waals surface area contributed by atoms with Gasteiger partial charge >= 0.3 is 5.97 Å². The monoisotopic (exact) mass is 415 g/mol. The molecule has 8 N–H and O–H groups in total. The molecule has 0 aromatic rings.